The first-order chi connectivity index (χ1) is 25.9. The van der Waals surface area contributed by atoms with E-state index in [0.29, 0.717) is 37.6 Å². The molecule has 6 rings (SSSR count). The Morgan fingerprint density at radius 3 is 2.07 bits per heavy atom. The molecule has 5 aliphatic rings. The van der Waals surface area contributed by atoms with Crippen LogP contribution >= 0.6 is 0 Å². The lowest BCUT2D eigenvalue weighted by atomic mass is 9.43. The fraction of sp³-hybridized carbons (Fsp3) is 0.857. The molecule has 1 heterocycles. The quantitative estimate of drug-likeness (QED) is 0.0931. The summed E-state index contributed by atoms with van der Waals surface area (Å²) in [7, 11) is 1.66. The number of halogens is 3. The summed E-state index contributed by atoms with van der Waals surface area (Å²) in [6.07, 6.45) is 2.10. The van der Waals surface area contributed by atoms with Crippen molar-refractivity contribution in [1.29, 1.82) is 0 Å². The summed E-state index contributed by atoms with van der Waals surface area (Å²) in [5.74, 6) is 1.40. The van der Waals surface area contributed by atoms with E-state index in [1.807, 2.05) is 27.7 Å². The first-order valence-electron chi connectivity index (χ1n) is 20.5. The van der Waals surface area contributed by atoms with Crippen LogP contribution in [-0.4, -0.2) is 89.7 Å². The van der Waals surface area contributed by atoms with E-state index < -0.39 is 41.9 Å². The van der Waals surface area contributed by atoms with Gasteiger partial charge in [-0.25, -0.2) is 0 Å². The van der Waals surface area contributed by atoms with Crippen molar-refractivity contribution in [2.24, 2.45) is 28.6 Å². The average Bonchev–Trinajstić information content (AvgIpc) is 3.45. The van der Waals surface area contributed by atoms with Gasteiger partial charge in [-0.1, -0.05) is 26.0 Å². The second kappa shape index (κ2) is 17.6. The topological polar surface area (TPSA) is 83.1 Å². The Labute approximate surface area is 320 Å². The smallest absolute Gasteiger partial charge is 0.376 e. The van der Waals surface area contributed by atoms with Crippen LogP contribution in [0.2, 0.25) is 0 Å². The molecule has 4 aliphatic carbocycles. The molecule has 12 heteroatoms. The molecule has 54 heavy (non-hydrogen) atoms. The fourth-order valence-electron chi connectivity index (χ4n) is 11.7. The Bertz CT molecular complexity index is 1330. The summed E-state index contributed by atoms with van der Waals surface area (Å²) in [4.78, 5) is 0. The van der Waals surface area contributed by atoms with E-state index in [9.17, 15) is 13.2 Å². The third-order valence-corrected chi connectivity index (χ3v) is 14.4. The Kier molecular flexibility index (Phi) is 13.8. The van der Waals surface area contributed by atoms with E-state index in [1.165, 1.54) is 12.1 Å². The summed E-state index contributed by atoms with van der Waals surface area (Å²) in [6.45, 7) is 14.7. The van der Waals surface area contributed by atoms with Crippen molar-refractivity contribution in [1.82, 2.24) is 0 Å². The largest absolute Gasteiger partial charge is 0.416 e. The molecule has 13 atom stereocenters. The number of rotatable bonds is 16. The van der Waals surface area contributed by atoms with E-state index in [2.05, 4.69) is 13.8 Å². The van der Waals surface area contributed by atoms with Crippen LogP contribution in [0.3, 0.4) is 0 Å². The van der Waals surface area contributed by atoms with Crippen molar-refractivity contribution in [3.05, 3.63) is 35.4 Å². The Balaban J connectivity index is 1.18. The van der Waals surface area contributed by atoms with Crippen LogP contribution in [0.25, 0.3) is 0 Å². The molecule has 5 fully saturated rings. The van der Waals surface area contributed by atoms with Crippen molar-refractivity contribution in [2.45, 2.75) is 154 Å². The van der Waals surface area contributed by atoms with Gasteiger partial charge in [0, 0.05) is 32.3 Å². The molecule has 1 saturated heterocycles. The molecule has 0 bridgehead atoms. The zero-order valence-electron chi connectivity index (χ0n) is 33.5. The van der Waals surface area contributed by atoms with Crippen molar-refractivity contribution in [2.75, 3.05) is 47.3 Å². The van der Waals surface area contributed by atoms with Crippen LogP contribution < -0.4 is 0 Å². The van der Waals surface area contributed by atoms with Crippen molar-refractivity contribution >= 4 is 0 Å². The second-order valence-corrected chi connectivity index (χ2v) is 16.7. The third-order valence-electron chi connectivity index (χ3n) is 14.4. The highest BCUT2D eigenvalue weighted by molar-refractivity contribution is 5.33. The zero-order chi connectivity index (χ0) is 38.7. The van der Waals surface area contributed by atoms with Gasteiger partial charge in [0.05, 0.1) is 23.4 Å². The van der Waals surface area contributed by atoms with Crippen LogP contribution in [0, 0.1) is 28.6 Å². The van der Waals surface area contributed by atoms with Gasteiger partial charge in [-0.3, -0.25) is 0 Å². The van der Waals surface area contributed by atoms with E-state index in [4.69, 9.17) is 42.6 Å². The summed E-state index contributed by atoms with van der Waals surface area (Å²) in [5, 5.41) is 0. The van der Waals surface area contributed by atoms with Crippen LogP contribution in [0.5, 0.6) is 0 Å². The van der Waals surface area contributed by atoms with Crippen molar-refractivity contribution < 1.29 is 55.8 Å². The minimum atomic E-state index is -4.35. The van der Waals surface area contributed by atoms with Gasteiger partial charge in [0.1, 0.15) is 38.7 Å². The van der Waals surface area contributed by atoms with Crippen molar-refractivity contribution in [3.8, 4) is 0 Å². The van der Waals surface area contributed by atoms with E-state index >= 15 is 0 Å². The summed E-state index contributed by atoms with van der Waals surface area (Å²) < 4.78 is 96.0. The minimum absolute atomic E-state index is 0.000898. The standard InChI is InChI=1S/C42H65F3O9/c1-8-47-24-50-35-27(4)53-38(37(36(35)46-7)51-25-48-9-2)54-31-17-20-39(5)30(23-31)15-16-34-33(39)18-21-40(6)32(19-22-41(34,40)52-26-49-10-3)28-11-13-29(14-12-28)42(43,44)45/h11-14,27,30-38H,8-10,15-26H2,1-7H3/t27-,30+,31-,32+,33-,34+,35-,36+,37-,38-,39-,40+,41-/m0/s1. The first-order valence-corrected chi connectivity index (χ1v) is 20.5. The number of hydrogen-bond donors (Lipinski definition) is 0. The molecular weight excluding hydrogens is 705 g/mol. The van der Waals surface area contributed by atoms with Crippen LogP contribution in [0.15, 0.2) is 24.3 Å². The number of methoxy groups -OCH3 is 1. The number of hydrogen-bond acceptors (Lipinski definition) is 9. The molecule has 0 spiro atoms. The van der Waals surface area contributed by atoms with Gasteiger partial charge in [-0.05, 0) is 132 Å². The maximum Gasteiger partial charge on any atom is 0.416 e. The SMILES string of the molecule is CCOCO[C@@H]1[C@H](O[C@H]2CC[C@@]3(C)[C@H](CC[C@@H]4[C@@H]3CC[C@]3(C)[C@@H](c5ccc(C(F)(F)F)cc5)CC[C@]43OCOCC)C2)O[C@@H](C)[C@H](OCOCC)[C@H]1OC. The highest BCUT2D eigenvalue weighted by Crippen LogP contribution is 2.72. The fourth-order valence-corrected chi connectivity index (χ4v) is 11.7. The Morgan fingerprint density at radius 2 is 1.43 bits per heavy atom. The summed E-state index contributed by atoms with van der Waals surface area (Å²) in [6, 6.07) is 5.90. The maximum absolute atomic E-state index is 13.5. The molecule has 0 N–H and O–H groups in total. The second-order valence-electron chi connectivity index (χ2n) is 16.7. The number of benzene rings is 1. The third kappa shape index (κ3) is 8.04. The molecule has 0 aromatic heterocycles. The molecule has 0 unspecified atom stereocenters. The normalized spacial score (nSPS) is 40.9. The first kappa shape index (κ1) is 42.3. The molecule has 1 aromatic rings. The predicted octanol–water partition coefficient (Wildman–Crippen LogP) is 8.87. The van der Waals surface area contributed by atoms with Gasteiger partial charge < -0.3 is 42.6 Å². The molecule has 308 valence electrons. The molecule has 1 aromatic carbocycles. The van der Waals surface area contributed by atoms with Crippen molar-refractivity contribution in [3.63, 3.8) is 0 Å². The van der Waals surface area contributed by atoms with Crippen LogP contribution in [0.4, 0.5) is 13.2 Å². The van der Waals surface area contributed by atoms with E-state index in [0.717, 1.165) is 63.4 Å². The van der Waals surface area contributed by atoms with Gasteiger partial charge in [0.25, 0.3) is 0 Å². The molecule has 1 aliphatic heterocycles. The lowest BCUT2D eigenvalue weighted by molar-refractivity contribution is -0.339. The van der Waals surface area contributed by atoms with Gasteiger partial charge in [0.15, 0.2) is 6.29 Å². The predicted molar refractivity (Wildman–Crippen MR) is 195 cm³/mol. The molecule has 9 nitrogen and oxygen atoms in total. The molecule has 0 radical (unpaired) electrons. The molecule has 4 saturated carbocycles. The molecule has 0 amide bonds. The van der Waals surface area contributed by atoms with E-state index in [-0.39, 0.29) is 49.3 Å². The highest BCUT2D eigenvalue weighted by Gasteiger charge is 2.69. The van der Waals surface area contributed by atoms with E-state index in [1.54, 1.807) is 19.2 Å². The monoisotopic (exact) mass is 770 g/mol. The van der Waals surface area contributed by atoms with Gasteiger partial charge >= 0.3 is 6.18 Å². The van der Waals surface area contributed by atoms with Crippen LogP contribution in [0.1, 0.15) is 116 Å². The van der Waals surface area contributed by atoms with Gasteiger partial charge in [-0.15, -0.1) is 0 Å². The molecular formula is C42H65F3O9. The Hall–Kier alpha value is -1.35. The minimum Gasteiger partial charge on any atom is -0.376 e. The summed E-state index contributed by atoms with van der Waals surface area (Å²) >= 11 is 0. The van der Waals surface area contributed by atoms with Crippen LogP contribution in [-0.2, 0) is 48.8 Å². The number of fused-ring (bicyclic) bond motifs is 5. The lowest BCUT2D eigenvalue weighted by Crippen LogP contribution is -2.63. The Morgan fingerprint density at radius 1 is 0.759 bits per heavy atom. The zero-order valence-corrected chi connectivity index (χ0v) is 33.5. The number of ether oxygens (including phenoxy) is 9. The number of alkyl halides is 3. The summed E-state index contributed by atoms with van der Waals surface area (Å²) in [5.41, 5.74) is -0.142. The maximum atomic E-state index is 13.5. The van der Waals surface area contributed by atoms with Gasteiger partial charge in [0.2, 0.25) is 0 Å². The van der Waals surface area contributed by atoms with Gasteiger partial charge in [-0.2, -0.15) is 13.2 Å². The average molecular weight is 771 g/mol. The lowest BCUT2D eigenvalue weighted by Gasteiger charge is -2.65. The highest BCUT2D eigenvalue weighted by atomic mass is 19.4.